The molecule has 3 heterocycles. The third kappa shape index (κ3) is 4.59. The van der Waals surface area contributed by atoms with E-state index in [1.807, 2.05) is 40.9 Å². The second-order valence-corrected chi connectivity index (χ2v) is 5.74. The van der Waals surface area contributed by atoms with E-state index in [-0.39, 0.29) is 30.7 Å². The summed E-state index contributed by atoms with van der Waals surface area (Å²) in [4.78, 5) is 18.7. The molecule has 0 saturated carbocycles. The van der Waals surface area contributed by atoms with E-state index in [1.54, 1.807) is 6.20 Å². The van der Waals surface area contributed by atoms with Gasteiger partial charge in [-0.1, -0.05) is 0 Å². The number of amides is 1. The number of imidazole rings is 1. The minimum absolute atomic E-state index is 0. The number of carbonyl (C=O) groups excluding carboxylic acids is 1. The van der Waals surface area contributed by atoms with Gasteiger partial charge in [0.2, 0.25) is 0 Å². The Labute approximate surface area is 149 Å². The van der Waals surface area contributed by atoms with E-state index in [0.717, 1.165) is 49.6 Å². The highest BCUT2D eigenvalue weighted by molar-refractivity contribution is 5.94. The molecule has 0 aliphatic carbocycles. The van der Waals surface area contributed by atoms with Crippen LogP contribution in [0.1, 0.15) is 29.6 Å². The summed E-state index contributed by atoms with van der Waals surface area (Å²) in [6.45, 7) is 2.81. The van der Waals surface area contributed by atoms with Crippen molar-refractivity contribution < 1.29 is 4.79 Å². The lowest BCUT2D eigenvalue weighted by Gasteiger charge is -2.32. The Balaban J connectivity index is 0.00000132. The topological polar surface area (TPSA) is 49.6 Å². The SMILES string of the molecule is CNCCC1CCN(C(=O)c2ccc3nccn3c2)CC1.Cl.Cl. The van der Waals surface area contributed by atoms with E-state index in [2.05, 4.69) is 10.3 Å². The largest absolute Gasteiger partial charge is 0.339 e. The summed E-state index contributed by atoms with van der Waals surface area (Å²) >= 11 is 0. The molecule has 7 heteroatoms. The van der Waals surface area contributed by atoms with Gasteiger partial charge in [-0.05, 0) is 50.9 Å². The van der Waals surface area contributed by atoms with Gasteiger partial charge in [-0.3, -0.25) is 4.79 Å². The molecule has 1 amide bonds. The van der Waals surface area contributed by atoms with E-state index in [9.17, 15) is 4.79 Å². The van der Waals surface area contributed by atoms with Crippen LogP contribution >= 0.6 is 24.8 Å². The van der Waals surface area contributed by atoms with Crippen LogP contribution in [0.5, 0.6) is 0 Å². The Morgan fingerprint density at radius 2 is 2.04 bits per heavy atom. The van der Waals surface area contributed by atoms with Crippen molar-refractivity contribution in [1.29, 1.82) is 0 Å². The van der Waals surface area contributed by atoms with E-state index >= 15 is 0 Å². The highest BCUT2D eigenvalue weighted by Crippen LogP contribution is 2.21. The first-order valence-corrected chi connectivity index (χ1v) is 7.64. The fraction of sp³-hybridized carbons (Fsp3) is 0.500. The first kappa shape index (κ1) is 19.7. The number of nitrogens with one attached hydrogen (secondary N) is 1. The Morgan fingerprint density at radius 1 is 1.30 bits per heavy atom. The zero-order valence-electron chi connectivity index (χ0n) is 13.3. The average molecular weight is 359 g/mol. The van der Waals surface area contributed by atoms with Crippen LogP contribution in [0.3, 0.4) is 0 Å². The van der Waals surface area contributed by atoms with Crippen molar-refractivity contribution in [3.63, 3.8) is 0 Å². The standard InChI is InChI=1S/C16H22N4O.2ClH/c1-17-7-4-13-5-9-19(10-6-13)16(21)14-2-3-15-18-8-11-20(15)12-14;;/h2-3,8,11-13,17H,4-7,9-10H2,1H3;2*1H. The van der Waals surface area contributed by atoms with Gasteiger partial charge in [-0.15, -0.1) is 24.8 Å². The Bertz CT molecular complexity index is 623. The number of carbonyl (C=O) groups is 1. The number of rotatable bonds is 4. The van der Waals surface area contributed by atoms with Crippen molar-refractivity contribution in [1.82, 2.24) is 19.6 Å². The summed E-state index contributed by atoms with van der Waals surface area (Å²) in [6.07, 6.45) is 8.92. The summed E-state index contributed by atoms with van der Waals surface area (Å²) in [5.74, 6) is 0.885. The molecule has 3 rings (SSSR count). The molecule has 2 aromatic heterocycles. The summed E-state index contributed by atoms with van der Waals surface area (Å²) in [6, 6.07) is 3.77. The molecule has 0 aromatic carbocycles. The number of nitrogens with zero attached hydrogens (tertiary/aromatic N) is 3. The number of pyridine rings is 1. The summed E-state index contributed by atoms with van der Waals surface area (Å²) in [5.41, 5.74) is 1.62. The van der Waals surface area contributed by atoms with Gasteiger partial charge >= 0.3 is 0 Å². The molecule has 0 radical (unpaired) electrons. The van der Waals surface area contributed by atoms with Crippen molar-refractivity contribution in [2.75, 3.05) is 26.7 Å². The maximum Gasteiger partial charge on any atom is 0.255 e. The molecule has 0 spiro atoms. The van der Waals surface area contributed by atoms with Crippen molar-refractivity contribution in [3.8, 4) is 0 Å². The molecule has 128 valence electrons. The summed E-state index contributed by atoms with van der Waals surface area (Å²) < 4.78 is 1.90. The number of fused-ring (bicyclic) bond motifs is 1. The minimum Gasteiger partial charge on any atom is -0.339 e. The first-order valence-electron chi connectivity index (χ1n) is 7.64. The number of hydrogen-bond donors (Lipinski definition) is 1. The summed E-state index contributed by atoms with van der Waals surface area (Å²) in [7, 11) is 1.99. The molecule has 5 nitrogen and oxygen atoms in total. The smallest absolute Gasteiger partial charge is 0.255 e. The molecule has 1 saturated heterocycles. The minimum atomic E-state index is 0. The normalized spacial score (nSPS) is 15.1. The molecular weight excluding hydrogens is 335 g/mol. The zero-order valence-corrected chi connectivity index (χ0v) is 14.9. The number of hydrogen-bond acceptors (Lipinski definition) is 3. The third-order valence-electron chi connectivity index (χ3n) is 4.34. The van der Waals surface area contributed by atoms with Gasteiger partial charge in [0.1, 0.15) is 5.65 Å². The van der Waals surface area contributed by atoms with Gasteiger partial charge in [-0.2, -0.15) is 0 Å². The van der Waals surface area contributed by atoms with Crippen LogP contribution in [0.4, 0.5) is 0 Å². The molecule has 0 bridgehead atoms. The zero-order chi connectivity index (χ0) is 14.7. The highest BCUT2D eigenvalue weighted by Gasteiger charge is 2.23. The molecule has 1 fully saturated rings. The van der Waals surface area contributed by atoms with E-state index in [4.69, 9.17) is 0 Å². The lowest BCUT2D eigenvalue weighted by Crippen LogP contribution is -2.39. The number of likely N-dealkylation sites (tertiary alicyclic amines) is 1. The van der Waals surface area contributed by atoms with Crippen LogP contribution in [-0.2, 0) is 0 Å². The van der Waals surface area contributed by atoms with Crippen LogP contribution in [0, 0.1) is 5.92 Å². The fourth-order valence-electron chi connectivity index (χ4n) is 3.00. The molecule has 1 N–H and O–H groups in total. The van der Waals surface area contributed by atoms with Gasteiger partial charge < -0.3 is 14.6 Å². The van der Waals surface area contributed by atoms with Gasteiger partial charge in [-0.25, -0.2) is 4.98 Å². The Morgan fingerprint density at radius 3 is 2.74 bits per heavy atom. The molecule has 1 aliphatic rings. The predicted molar refractivity (Wildman–Crippen MR) is 96.9 cm³/mol. The number of halogens is 2. The van der Waals surface area contributed by atoms with Crippen LogP contribution in [0.15, 0.2) is 30.7 Å². The van der Waals surface area contributed by atoms with Crippen LogP contribution in [0.25, 0.3) is 5.65 Å². The average Bonchev–Trinajstić information content (AvgIpc) is 3.00. The van der Waals surface area contributed by atoms with E-state index in [1.165, 1.54) is 6.42 Å². The second kappa shape index (κ2) is 9.11. The van der Waals surface area contributed by atoms with Gasteiger partial charge in [0.05, 0.1) is 5.56 Å². The van der Waals surface area contributed by atoms with Crippen LogP contribution in [-0.4, -0.2) is 46.9 Å². The Kier molecular flexibility index (Phi) is 7.82. The number of piperidine rings is 1. The molecule has 23 heavy (non-hydrogen) atoms. The van der Waals surface area contributed by atoms with Crippen molar-refractivity contribution >= 4 is 36.4 Å². The molecule has 1 aliphatic heterocycles. The van der Waals surface area contributed by atoms with E-state index in [0.29, 0.717) is 0 Å². The second-order valence-electron chi connectivity index (χ2n) is 5.74. The van der Waals surface area contributed by atoms with Gasteiger partial charge in [0, 0.05) is 31.7 Å². The Hall–Kier alpha value is -1.30. The van der Waals surface area contributed by atoms with Gasteiger partial charge in [0.25, 0.3) is 5.91 Å². The van der Waals surface area contributed by atoms with Crippen LogP contribution < -0.4 is 5.32 Å². The molecule has 0 unspecified atom stereocenters. The maximum atomic E-state index is 12.6. The molecule has 2 aromatic rings. The lowest BCUT2D eigenvalue weighted by molar-refractivity contribution is 0.0686. The molecule has 0 atom stereocenters. The van der Waals surface area contributed by atoms with Crippen molar-refractivity contribution in [2.24, 2.45) is 5.92 Å². The molecular formula is C16H24Cl2N4O. The number of aromatic nitrogens is 2. The first-order chi connectivity index (χ1) is 10.3. The quantitative estimate of drug-likeness (QED) is 0.913. The van der Waals surface area contributed by atoms with Crippen LogP contribution in [0.2, 0.25) is 0 Å². The van der Waals surface area contributed by atoms with Crippen molar-refractivity contribution in [2.45, 2.75) is 19.3 Å². The van der Waals surface area contributed by atoms with Gasteiger partial charge in [0.15, 0.2) is 0 Å². The predicted octanol–water partition coefficient (Wildman–Crippen LogP) is 2.64. The fourth-order valence-corrected chi connectivity index (χ4v) is 3.00. The summed E-state index contributed by atoms with van der Waals surface area (Å²) in [5, 5.41) is 3.20. The highest BCUT2D eigenvalue weighted by atomic mass is 35.5. The monoisotopic (exact) mass is 358 g/mol. The van der Waals surface area contributed by atoms with Crippen molar-refractivity contribution in [3.05, 3.63) is 36.3 Å². The third-order valence-corrected chi connectivity index (χ3v) is 4.34. The van der Waals surface area contributed by atoms with E-state index < -0.39 is 0 Å². The lowest BCUT2D eigenvalue weighted by atomic mass is 9.93. The maximum absolute atomic E-state index is 12.6.